The number of likely N-dealkylation sites (N-methyl/N-ethyl adjacent to an activating group) is 1. The van der Waals surface area contributed by atoms with E-state index in [9.17, 15) is 23.4 Å². The van der Waals surface area contributed by atoms with Gasteiger partial charge in [0.05, 0.1) is 0 Å². The Morgan fingerprint density at radius 3 is 2.54 bits per heavy atom. The van der Waals surface area contributed by atoms with Gasteiger partial charge < -0.3 is 20.1 Å². The van der Waals surface area contributed by atoms with Gasteiger partial charge in [-0.25, -0.2) is 13.4 Å². The van der Waals surface area contributed by atoms with E-state index in [1.54, 1.807) is 31.3 Å². The summed E-state index contributed by atoms with van der Waals surface area (Å²) < 4.78 is 28.5. The molecule has 4 rings (SSSR count). The van der Waals surface area contributed by atoms with Crippen LogP contribution in [-0.4, -0.2) is 45.4 Å². The number of rotatable bonds is 2. The third kappa shape index (κ3) is 2.34. The van der Waals surface area contributed by atoms with Crippen molar-refractivity contribution in [1.82, 2.24) is 13.9 Å². The molecule has 10 heteroatoms. The molecule has 144 valence electrons. The lowest BCUT2D eigenvalue weighted by Gasteiger charge is -2.27. The highest BCUT2D eigenvalue weighted by molar-refractivity contribution is 7.89. The Bertz CT molecular complexity index is 1280. The number of hydrogen-bond donors (Lipinski definition) is 3. The number of nitrogens with one attached hydrogen (secondary N) is 1. The fourth-order valence-electron chi connectivity index (χ4n) is 3.31. The van der Waals surface area contributed by atoms with E-state index >= 15 is 0 Å². The van der Waals surface area contributed by atoms with Gasteiger partial charge in [0.25, 0.3) is 15.9 Å². The maximum Gasteiger partial charge on any atom is 0.278 e. The van der Waals surface area contributed by atoms with Crippen LogP contribution < -0.4 is 5.32 Å². The van der Waals surface area contributed by atoms with Crippen LogP contribution in [0, 0.1) is 0 Å². The van der Waals surface area contributed by atoms with Crippen molar-refractivity contribution in [1.29, 1.82) is 0 Å². The van der Waals surface area contributed by atoms with Crippen molar-refractivity contribution in [3.8, 4) is 5.75 Å². The molecule has 0 saturated heterocycles. The Labute approximate surface area is 160 Å². The second-order valence-corrected chi connectivity index (χ2v) is 8.16. The highest BCUT2D eigenvalue weighted by atomic mass is 32.2. The number of aryl methyl sites for hydroxylation is 1. The van der Waals surface area contributed by atoms with E-state index in [0.717, 1.165) is 4.31 Å². The molecule has 3 aromatic rings. The van der Waals surface area contributed by atoms with Crippen molar-refractivity contribution in [3.05, 3.63) is 54.0 Å². The average Bonchev–Trinajstić information content (AvgIpc) is 2.97. The normalized spacial score (nSPS) is 15.6. The molecule has 3 N–H and O–H groups in total. The largest absolute Gasteiger partial charge is 0.504 e. The molecule has 9 nitrogen and oxygen atoms in total. The molecule has 0 spiro atoms. The van der Waals surface area contributed by atoms with E-state index in [1.165, 1.54) is 29.9 Å². The Balaban J connectivity index is 1.94. The van der Waals surface area contributed by atoms with Crippen molar-refractivity contribution in [2.24, 2.45) is 7.05 Å². The topological polar surface area (TPSA) is 125 Å². The number of benzene rings is 1. The smallest absolute Gasteiger partial charge is 0.278 e. The minimum atomic E-state index is -4.11. The minimum Gasteiger partial charge on any atom is -0.504 e. The van der Waals surface area contributed by atoms with Crippen LogP contribution in [0.1, 0.15) is 5.69 Å². The van der Waals surface area contributed by atoms with Crippen molar-refractivity contribution in [2.45, 2.75) is 4.90 Å². The van der Waals surface area contributed by atoms with Crippen LogP contribution in [-0.2, 0) is 21.9 Å². The number of aliphatic hydroxyl groups is 1. The molecule has 0 radical (unpaired) electrons. The molecule has 3 heterocycles. The van der Waals surface area contributed by atoms with Gasteiger partial charge in [0.1, 0.15) is 10.6 Å². The number of aromatic hydroxyl groups is 1. The van der Waals surface area contributed by atoms with Crippen LogP contribution in [0.2, 0.25) is 0 Å². The van der Waals surface area contributed by atoms with E-state index in [1.807, 2.05) is 0 Å². The van der Waals surface area contributed by atoms with Crippen molar-refractivity contribution in [3.63, 3.8) is 0 Å². The lowest BCUT2D eigenvalue weighted by molar-refractivity contribution is -0.113. The Hall–Kier alpha value is -3.53. The van der Waals surface area contributed by atoms with Crippen molar-refractivity contribution >= 4 is 38.4 Å². The van der Waals surface area contributed by atoms with Gasteiger partial charge in [0, 0.05) is 31.2 Å². The van der Waals surface area contributed by atoms with Gasteiger partial charge in [-0.3, -0.25) is 9.10 Å². The van der Waals surface area contributed by atoms with Crippen molar-refractivity contribution < 1.29 is 23.4 Å². The van der Waals surface area contributed by atoms with Gasteiger partial charge in [0.2, 0.25) is 0 Å². The minimum absolute atomic E-state index is 0.0229. The highest BCUT2D eigenvalue weighted by Crippen LogP contribution is 2.40. The monoisotopic (exact) mass is 400 g/mol. The van der Waals surface area contributed by atoms with Gasteiger partial charge in [0.15, 0.2) is 23.0 Å². The van der Waals surface area contributed by atoms with Gasteiger partial charge >= 0.3 is 0 Å². The number of aliphatic hydroxyl groups excluding tert-OH is 1. The predicted molar refractivity (Wildman–Crippen MR) is 102 cm³/mol. The van der Waals surface area contributed by atoms with E-state index in [4.69, 9.17) is 0 Å². The molecule has 0 bridgehead atoms. The van der Waals surface area contributed by atoms with E-state index in [2.05, 4.69) is 10.3 Å². The Morgan fingerprint density at radius 2 is 1.82 bits per heavy atom. The molecule has 0 aliphatic carbocycles. The average molecular weight is 400 g/mol. The van der Waals surface area contributed by atoms with Crippen LogP contribution >= 0.6 is 0 Å². The summed E-state index contributed by atoms with van der Waals surface area (Å²) in [6, 6.07) is 9.61. The zero-order valence-corrected chi connectivity index (χ0v) is 15.7. The third-order valence-corrected chi connectivity index (χ3v) is 6.51. The molecule has 0 saturated carbocycles. The summed E-state index contributed by atoms with van der Waals surface area (Å²) in [4.78, 5) is 16.5. The van der Waals surface area contributed by atoms with Gasteiger partial charge in [-0.15, -0.1) is 0 Å². The van der Waals surface area contributed by atoms with Crippen LogP contribution in [0.4, 0.5) is 5.82 Å². The summed E-state index contributed by atoms with van der Waals surface area (Å²) >= 11 is 0. The first-order valence-electron chi connectivity index (χ1n) is 8.20. The van der Waals surface area contributed by atoms with Gasteiger partial charge in [-0.2, -0.15) is 0 Å². The van der Waals surface area contributed by atoms with Crippen LogP contribution in [0.5, 0.6) is 5.75 Å². The number of aromatic nitrogens is 2. The summed E-state index contributed by atoms with van der Waals surface area (Å²) in [5.41, 5.74) is 0.151. The first-order chi connectivity index (χ1) is 13.2. The number of carbonyl (C=O) groups excluding carboxylic acids is 1. The number of para-hydroxylation sites is 1. The molecular formula is C18H16N4O5S. The number of hydrogen-bond acceptors (Lipinski definition) is 6. The van der Waals surface area contributed by atoms with Gasteiger partial charge in [-0.05, 0) is 18.2 Å². The second-order valence-electron chi connectivity index (χ2n) is 6.25. The maximum absolute atomic E-state index is 13.1. The SMILES string of the molecule is CN1C(C(=O)Nc2ncccc2O)=C(O)c2c(c3ccccc3n2C)S1(=O)=O. The molecular weight excluding hydrogens is 384 g/mol. The molecule has 0 unspecified atom stereocenters. The lowest BCUT2D eigenvalue weighted by atomic mass is 10.2. The van der Waals surface area contributed by atoms with Crippen LogP contribution in [0.3, 0.4) is 0 Å². The second kappa shape index (κ2) is 5.99. The predicted octanol–water partition coefficient (Wildman–Crippen LogP) is 1.78. The summed E-state index contributed by atoms with van der Waals surface area (Å²) in [6.45, 7) is 0. The van der Waals surface area contributed by atoms with Gasteiger partial charge in [-0.1, -0.05) is 18.2 Å². The van der Waals surface area contributed by atoms with Crippen molar-refractivity contribution in [2.75, 3.05) is 12.4 Å². The number of amides is 1. The summed E-state index contributed by atoms with van der Waals surface area (Å²) in [5.74, 6) is -1.85. The summed E-state index contributed by atoms with van der Waals surface area (Å²) in [7, 11) is -1.31. The number of nitrogens with zero attached hydrogens (tertiary/aromatic N) is 3. The molecule has 2 aromatic heterocycles. The fraction of sp³-hybridized carbons (Fsp3) is 0.111. The molecule has 1 aliphatic rings. The third-order valence-electron chi connectivity index (χ3n) is 4.68. The first-order valence-corrected chi connectivity index (χ1v) is 9.64. The number of anilines is 1. The first kappa shape index (κ1) is 17.9. The quantitative estimate of drug-likeness (QED) is 0.602. The molecule has 1 aliphatic heterocycles. The molecule has 1 amide bonds. The zero-order valence-electron chi connectivity index (χ0n) is 14.9. The maximum atomic E-state index is 13.1. The summed E-state index contributed by atoms with van der Waals surface area (Å²) in [6.07, 6.45) is 1.35. The standard InChI is InChI=1S/C18H16N4O5S/c1-21-11-7-4-3-6-10(11)16-13(21)15(24)14(22(2)28(16,26)27)18(25)20-17-12(23)8-5-9-19-17/h3-9,23-24H,1-2H3,(H,19,20,25). The molecule has 0 fully saturated rings. The molecule has 28 heavy (non-hydrogen) atoms. The Kier molecular flexibility index (Phi) is 3.82. The number of fused-ring (bicyclic) bond motifs is 3. The Morgan fingerprint density at radius 1 is 1.11 bits per heavy atom. The molecule has 1 aromatic carbocycles. The van der Waals surface area contributed by atoms with Crippen LogP contribution in [0.25, 0.3) is 16.7 Å². The fourth-order valence-corrected chi connectivity index (χ4v) is 4.93. The number of carbonyl (C=O) groups is 1. The number of sulfonamides is 1. The highest BCUT2D eigenvalue weighted by Gasteiger charge is 2.41. The number of pyridine rings is 1. The van der Waals surface area contributed by atoms with Crippen LogP contribution in [0.15, 0.2) is 53.2 Å². The lowest BCUT2D eigenvalue weighted by Crippen LogP contribution is -2.37. The summed E-state index contributed by atoms with van der Waals surface area (Å²) in [5, 5.41) is 23.4. The van der Waals surface area contributed by atoms with E-state index in [0.29, 0.717) is 10.9 Å². The molecule has 0 atom stereocenters. The van der Waals surface area contributed by atoms with E-state index in [-0.39, 0.29) is 22.2 Å². The zero-order chi connectivity index (χ0) is 20.2. The van der Waals surface area contributed by atoms with E-state index < -0.39 is 27.4 Å².